The van der Waals surface area contributed by atoms with Gasteiger partial charge in [0.05, 0.1) is 13.2 Å². The molecule has 2 aromatic rings. The zero-order chi connectivity index (χ0) is 17.1. The monoisotopic (exact) mass is 336 g/mol. The molecule has 2 unspecified atom stereocenters. The van der Waals surface area contributed by atoms with Crippen LogP contribution in [-0.2, 0) is 16.1 Å². The summed E-state index contributed by atoms with van der Waals surface area (Å²) in [5.41, 5.74) is 3.87. The molecule has 0 spiro atoms. The van der Waals surface area contributed by atoms with Crippen molar-refractivity contribution in [2.45, 2.75) is 24.9 Å². The molecule has 0 aliphatic carbocycles. The van der Waals surface area contributed by atoms with Crippen molar-refractivity contribution in [1.29, 1.82) is 0 Å². The van der Waals surface area contributed by atoms with Crippen LogP contribution in [0.3, 0.4) is 0 Å². The molecular weight excluding hydrogens is 312 g/mol. The lowest BCUT2D eigenvalue weighted by atomic mass is 9.84. The summed E-state index contributed by atoms with van der Waals surface area (Å²) in [5.74, 6) is 0.448. The lowest BCUT2D eigenvalue weighted by Crippen LogP contribution is -2.46. The van der Waals surface area contributed by atoms with Crippen LogP contribution < -0.4 is 5.32 Å². The minimum absolute atomic E-state index is 0.133. The number of rotatable bonds is 3. The van der Waals surface area contributed by atoms with Crippen molar-refractivity contribution in [3.05, 3.63) is 71.3 Å². The van der Waals surface area contributed by atoms with Gasteiger partial charge in [-0.3, -0.25) is 4.79 Å². The second-order valence-electron chi connectivity index (χ2n) is 6.87. The lowest BCUT2D eigenvalue weighted by Gasteiger charge is -2.36. The van der Waals surface area contributed by atoms with Crippen LogP contribution in [-0.4, -0.2) is 43.2 Å². The Morgan fingerprint density at radius 3 is 2.72 bits per heavy atom. The summed E-state index contributed by atoms with van der Waals surface area (Å²) < 4.78 is 5.48. The second kappa shape index (κ2) is 7.38. The highest BCUT2D eigenvalue weighted by Gasteiger charge is 2.30. The molecule has 1 saturated heterocycles. The van der Waals surface area contributed by atoms with Gasteiger partial charge in [-0.25, -0.2) is 0 Å². The van der Waals surface area contributed by atoms with Gasteiger partial charge in [0.1, 0.15) is 0 Å². The first-order chi connectivity index (χ1) is 12.3. The predicted octanol–water partition coefficient (Wildman–Crippen LogP) is 2.54. The van der Waals surface area contributed by atoms with Crippen molar-refractivity contribution in [1.82, 2.24) is 10.2 Å². The normalized spacial score (nSPS) is 23.1. The molecule has 2 aromatic carbocycles. The van der Waals surface area contributed by atoms with Crippen LogP contribution in [0.1, 0.15) is 29.0 Å². The van der Waals surface area contributed by atoms with Crippen LogP contribution in [0.2, 0.25) is 0 Å². The topological polar surface area (TPSA) is 41.6 Å². The number of carbonyl (C=O) groups excluding carboxylic acids is 1. The van der Waals surface area contributed by atoms with Crippen LogP contribution in [0.5, 0.6) is 0 Å². The van der Waals surface area contributed by atoms with Gasteiger partial charge in [-0.15, -0.1) is 0 Å². The highest BCUT2D eigenvalue weighted by molar-refractivity contribution is 5.77. The minimum atomic E-state index is 0.133. The van der Waals surface area contributed by atoms with Gasteiger partial charge in [-0.2, -0.15) is 0 Å². The summed E-state index contributed by atoms with van der Waals surface area (Å²) >= 11 is 0. The van der Waals surface area contributed by atoms with Gasteiger partial charge in [0.25, 0.3) is 0 Å². The third-order valence-corrected chi connectivity index (χ3v) is 5.17. The number of ether oxygens (including phenoxy) is 1. The van der Waals surface area contributed by atoms with Crippen molar-refractivity contribution in [2.75, 3.05) is 26.3 Å². The number of nitrogens with zero attached hydrogens (tertiary/aromatic N) is 1. The molecule has 1 amide bonds. The number of fused-ring (bicyclic) bond motifs is 1. The summed E-state index contributed by atoms with van der Waals surface area (Å²) in [5, 5.41) is 3.38. The van der Waals surface area contributed by atoms with E-state index in [0.717, 1.165) is 19.7 Å². The highest BCUT2D eigenvalue weighted by Crippen LogP contribution is 2.33. The lowest BCUT2D eigenvalue weighted by molar-refractivity contribution is -0.133. The van der Waals surface area contributed by atoms with Crippen molar-refractivity contribution < 1.29 is 9.53 Å². The molecule has 0 bridgehead atoms. The fourth-order valence-electron chi connectivity index (χ4n) is 3.86. The molecule has 0 radical (unpaired) electrons. The molecule has 2 aliphatic heterocycles. The molecule has 4 nitrogen and oxygen atoms in total. The van der Waals surface area contributed by atoms with Crippen LogP contribution in [0, 0.1) is 0 Å². The fourth-order valence-corrected chi connectivity index (χ4v) is 3.86. The number of nitrogens with one attached hydrogen (secondary N) is 1. The standard InChI is InChI=1S/C21H24N2O2/c24-21(12-18-15-25-11-10-22-18)23-13-17-8-4-5-9-19(17)20(14-23)16-6-2-1-3-7-16/h1-9,18,20,22H,10-15H2. The maximum Gasteiger partial charge on any atom is 0.224 e. The maximum atomic E-state index is 12.9. The Balaban J connectivity index is 1.56. The summed E-state index contributed by atoms with van der Waals surface area (Å²) in [6.07, 6.45) is 0.504. The van der Waals surface area contributed by atoms with Crippen LogP contribution in [0.15, 0.2) is 54.6 Å². The van der Waals surface area contributed by atoms with Crippen molar-refractivity contribution in [3.8, 4) is 0 Å². The van der Waals surface area contributed by atoms with Gasteiger partial charge in [0, 0.05) is 38.0 Å². The Labute approximate surface area is 148 Å². The highest BCUT2D eigenvalue weighted by atomic mass is 16.5. The largest absolute Gasteiger partial charge is 0.378 e. The second-order valence-corrected chi connectivity index (χ2v) is 6.87. The number of amides is 1. The fraction of sp³-hybridized carbons (Fsp3) is 0.381. The summed E-state index contributed by atoms with van der Waals surface area (Å²) in [4.78, 5) is 14.9. The maximum absolute atomic E-state index is 12.9. The van der Waals surface area contributed by atoms with Gasteiger partial charge >= 0.3 is 0 Å². The molecule has 4 heteroatoms. The third-order valence-electron chi connectivity index (χ3n) is 5.17. The molecular formula is C21H24N2O2. The van der Waals surface area contributed by atoms with E-state index in [0.29, 0.717) is 19.6 Å². The Bertz CT molecular complexity index is 726. The number of morpholine rings is 1. The first-order valence-electron chi connectivity index (χ1n) is 9.03. The van der Waals surface area contributed by atoms with Crippen LogP contribution in [0.25, 0.3) is 0 Å². The van der Waals surface area contributed by atoms with E-state index >= 15 is 0 Å². The SMILES string of the molecule is O=C(CC1COCCN1)N1Cc2ccccc2C(c2ccccc2)C1. The average Bonchev–Trinajstić information content (AvgIpc) is 2.68. The Hall–Kier alpha value is -2.17. The van der Waals surface area contributed by atoms with Crippen molar-refractivity contribution in [2.24, 2.45) is 0 Å². The van der Waals surface area contributed by atoms with E-state index in [1.54, 1.807) is 0 Å². The third kappa shape index (κ3) is 3.60. The molecule has 0 aromatic heterocycles. The van der Waals surface area contributed by atoms with Crippen molar-refractivity contribution in [3.63, 3.8) is 0 Å². The van der Waals surface area contributed by atoms with E-state index in [9.17, 15) is 4.79 Å². The first kappa shape index (κ1) is 16.3. The molecule has 4 rings (SSSR count). The van der Waals surface area contributed by atoms with Crippen LogP contribution in [0.4, 0.5) is 0 Å². The summed E-state index contributed by atoms with van der Waals surface area (Å²) in [6.45, 7) is 3.63. The molecule has 130 valence electrons. The van der Waals surface area contributed by atoms with Gasteiger partial charge in [0.2, 0.25) is 5.91 Å². The van der Waals surface area contributed by atoms with E-state index in [1.165, 1.54) is 16.7 Å². The Morgan fingerprint density at radius 1 is 1.12 bits per heavy atom. The molecule has 2 heterocycles. The summed E-state index contributed by atoms with van der Waals surface area (Å²) in [6, 6.07) is 19.1. The zero-order valence-corrected chi connectivity index (χ0v) is 14.4. The molecule has 0 saturated carbocycles. The Morgan fingerprint density at radius 2 is 1.92 bits per heavy atom. The van der Waals surface area contributed by atoms with E-state index in [1.807, 2.05) is 11.0 Å². The number of hydrogen-bond acceptors (Lipinski definition) is 3. The summed E-state index contributed by atoms with van der Waals surface area (Å²) in [7, 11) is 0. The van der Waals surface area contributed by atoms with Gasteiger partial charge in [-0.05, 0) is 16.7 Å². The van der Waals surface area contributed by atoms with Crippen molar-refractivity contribution >= 4 is 5.91 Å². The van der Waals surface area contributed by atoms with E-state index in [-0.39, 0.29) is 17.9 Å². The number of benzene rings is 2. The molecule has 1 fully saturated rings. The molecule has 1 N–H and O–H groups in total. The predicted molar refractivity (Wildman–Crippen MR) is 97.4 cm³/mol. The zero-order valence-electron chi connectivity index (χ0n) is 14.4. The van der Waals surface area contributed by atoms with Gasteiger partial charge < -0.3 is 15.0 Å². The molecule has 2 aliphatic rings. The number of carbonyl (C=O) groups is 1. The molecule has 25 heavy (non-hydrogen) atoms. The quantitative estimate of drug-likeness (QED) is 0.936. The van der Waals surface area contributed by atoms with Gasteiger partial charge in [-0.1, -0.05) is 54.6 Å². The molecule has 2 atom stereocenters. The first-order valence-corrected chi connectivity index (χ1v) is 9.03. The smallest absolute Gasteiger partial charge is 0.224 e. The Kier molecular flexibility index (Phi) is 4.81. The average molecular weight is 336 g/mol. The van der Waals surface area contributed by atoms with Crippen LogP contribution >= 0.6 is 0 Å². The van der Waals surface area contributed by atoms with E-state index in [4.69, 9.17) is 4.74 Å². The number of hydrogen-bond donors (Lipinski definition) is 1. The van der Waals surface area contributed by atoms with Gasteiger partial charge in [0.15, 0.2) is 0 Å². The van der Waals surface area contributed by atoms with E-state index in [2.05, 4.69) is 53.8 Å². The van der Waals surface area contributed by atoms with E-state index < -0.39 is 0 Å². The minimum Gasteiger partial charge on any atom is -0.378 e.